The van der Waals surface area contributed by atoms with Crippen LogP contribution in [0.1, 0.15) is 0 Å². The Kier molecular flexibility index (Phi) is 20.8. The Balaban J connectivity index is 0.000000108. The molecule has 6 heterocycles. The molecule has 0 bridgehead atoms. The van der Waals surface area contributed by atoms with Crippen molar-refractivity contribution in [3.8, 4) is 50.4 Å². The van der Waals surface area contributed by atoms with Gasteiger partial charge in [0.15, 0.2) is 0 Å². The zero-order valence-electron chi connectivity index (χ0n) is 75.6. The second-order valence-corrected chi connectivity index (χ2v) is 38.6. The molecule has 28 rings (SSSR count). The van der Waals surface area contributed by atoms with E-state index in [4.69, 9.17) is 0 Å². The fourth-order valence-corrected chi connectivity index (χ4v) is 24.3. The van der Waals surface area contributed by atoms with Gasteiger partial charge in [0.2, 0.25) is 0 Å². The van der Waals surface area contributed by atoms with E-state index in [-0.39, 0.29) is 0 Å². The molecule has 139 heavy (non-hydrogen) atoms. The van der Waals surface area contributed by atoms with Gasteiger partial charge in [0.05, 0.1) is 43.5 Å². The highest BCUT2D eigenvalue weighted by atomic mass is 32.1. The van der Waals surface area contributed by atoms with Crippen molar-refractivity contribution in [2.45, 2.75) is 0 Å². The third-order valence-electron chi connectivity index (χ3n) is 27.3. The van der Waals surface area contributed by atoms with Crippen LogP contribution in [-0.2, 0) is 0 Å². The van der Waals surface area contributed by atoms with Gasteiger partial charge in [0, 0.05) is 151 Å². The van der Waals surface area contributed by atoms with E-state index in [0.29, 0.717) is 0 Å². The van der Waals surface area contributed by atoms with Crippen LogP contribution in [-0.4, -0.2) is 13.7 Å². The summed E-state index contributed by atoms with van der Waals surface area (Å²) in [5, 5.41) is 17.7. The van der Waals surface area contributed by atoms with Crippen molar-refractivity contribution in [2.75, 3.05) is 14.7 Å². The molecule has 0 atom stereocenters. The van der Waals surface area contributed by atoms with Crippen molar-refractivity contribution in [1.82, 2.24) is 13.7 Å². The highest BCUT2D eigenvalue weighted by Gasteiger charge is 2.26. The Morgan fingerprint density at radius 3 is 1.02 bits per heavy atom. The molecule has 0 aliphatic rings. The van der Waals surface area contributed by atoms with Crippen molar-refractivity contribution in [1.29, 1.82) is 0 Å². The number of fused-ring (bicyclic) bond motifs is 19. The molecule has 0 fully saturated rings. The fourth-order valence-electron chi connectivity index (χ4n) is 20.8. The first-order valence-corrected chi connectivity index (χ1v) is 49.7. The SMILES string of the molecule is c1ccc(-c2ccc(N(c3ccc4c(c3)c3ccccc3n4-c3ccc(-c4ccccc4)cc3)c3cccc4c3sc3ccccc34)cc2)cc1.c1ccc(-c2ccc3c(c2)c2cc(N(c4ccc5ccccc5c4)c4ccc5c(c4)sc4ccccc45)ccc2n3-c2ccccc2)cc1.c1ccc(N(c2ccc3sc4ccccc4c3c2)c2ccc3c(c2)c2ccccc2n3-c2ccccc2)cc1. The number of para-hydroxylation sites is 5. The molecule has 9 heteroatoms. The standard InChI is InChI=1S/C48H32N2S.C46H30N2S.C36H24N2S/c1-3-12-33(13-4-1)35-22-26-37(27-23-35)49(46-20-11-18-42-41-17-8-10-21-47(41)51-48(42)46)39-30-31-45-43(32-39)40-16-7-9-19-44(40)50(45)38-28-24-36(25-29-38)34-14-5-2-6-15-34;1-3-11-31(12-4-1)34-20-25-43-41(28-34)42-29-37(23-26-44(42)48(43)35-15-5-2-6-16-35)47(36-21-19-32-13-7-8-14-33(32)27-36)38-22-24-40-39-17-9-10-18-45(39)49-46(40)30-38;1-3-11-25(12-4-1)37(28-20-22-36-32(24-28)30-16-8-10-18-35(30)39-36)27-19-21-34-31(23-27)29-15-7-9-17-33(29)38(34)26-13-5-2-6-14-26/h1-32H;1-30H;1-24H. The van der Waals surface area contributed by atoms with Gasteiger partial charge in [-0.2, -0.15) is 0 Å². The molecule has 6 nitrogen and oxygen atoms in total. The number of benzene rings is 22. The number of rotatable bonds is 15. The van der Waals surface area contributed by atoms with Gasteiger partial charge >= 0.3 is 0 Å². The monoisotopic (exact) mass is 1830 g/mol. The first-order valence-electron chi connectivity index (χ1n) is 47.2. The van der Waals surface area contributed by atoms with Gasteiger partial charge in [0.25, 0.3) is 0 Å². The highest BCUT2D eigenvalue weighted by molar-refractivity contribution is 7.27. The minimum atomic E-state index is 1.12. The van der Waals surface area contributed by atoms with Crippen LogP contribution in [0.25, 0.3) is 187 Å². The second kappa shape index (κ2) is 35.1. The van der Waals surface area contributed by atoms with Gasteiger partial charge in [-0.15, -0.1) is 34.0 Å². The molecular weight excluding hydrogens is 1740 g/mol. The van der Waals surface area contributed by atoms with Crippen LogP contribution in [0.5, 0.6) is 0 Å². The molecule has 28 aromatic rings. The summed E-state index contributed by atoms with van der Waals surface area (Å²) >= 11 is 5.58. The molecule has 0 saturated carbocycles. The van der Waals surface area contributed by atoms with Crippen LogP contribution in [0, 0.1) is 0 Å². The average molecular weight is 1830 g/mol. The zero-order chi connectivity index (χ0) is 91.8. The Morgan fingerprint density at radius 1 is 0.144 bits per heavy atom. The van der Waals surface area contributed by atoms with E-state index in [0.717, 1.165) is 56.9 Å². The molecule has 0 unspecified atom stereocenters. The van der Waals surface area contributed by atoms with E-state index in [1.807, 2.05) is 34.0 Å². The third kappa shape index (κ3) is 14.9. The Labute approximate surface area is 816 Å². The molecule has 0 spiro atoms. The van der Waals surface area contributed by atoms with Crippen molar-refractivity contribution in [3.05, 3.63) is 522 Å². The second-order valence-electron chi connectivity index (χ2n) is 35.4. The lowest BCUT2D eigenvalue weighted by molar-refractivity contribution is 1.18. The van der Waals surface area contributed by atoms with Gasteiger partial charge in [0.1, 0.15) is 0 Å². The first kappa shape index (κ1) is 82.3. The van der Waals surface area contributed by atoms with Gasteiger partial charge < -0.3 is 28.4 Å². The molecule has 22 aromatic carbocycles. The summed E-state index contributed by atoms with van der Waals surface area (Å²) in [4.78, 5) is 7.23. The minimum Gasteiger partial charge on any atom is -0.310 e. The van der Waals surface area contributed by atoms with Crippen molar-refractivity contribution >= 4 is 222 Å². The highest BCUT2D eigenvalue weighted by Crippen LogP contribution is 2.51. The number of anilines is 9. The number of thiophene rings is 3. The molecule has 0 saturated heterocycles. The molecule has 0 aliphatic carbocycles. The number of nitrogens with zero attached hydrogens (tertiary/aromatic N) is 6. The van der Waals surface area contributed by atoms with Gasteiger partial charge in [-0.1, -0.05) is 315 Å². The Hall–Kier alpha value is -17.4. The van der Waals surface area contributed by atoms with Crippen molar-refractivity contribution in [2.24, 2.45) is 0 Å². The van der Waals surface area contributed by atoms with Gasteiger partial charge in [-0.3, -0.25) is 0 Å². The van der Waals surface area contributed by atoms with E-state index in [1.165, 1.54) is 181 Å². The molecule has 654 valence electrons. The predicted molar refractivity (Wildman–Crippen MR) is 599 cm³/mol. The maximum absolute atomic E-state index is 2.44. The minimum absolute atomic E-state index is 1.12. The van der Waals surface area contributed by atoms with E-state index in [1.54, 1.807) is 0 Å². The summed E-state index contributed by atoms with van der Waals surface area (Å²) in [7, 11) is 0. The van der Waals surface area contributed by atoms with Crippen molar-refractivity contribution in [3.63, 3.8) is 0 Å². The lowest BCUT2D eigenvalue weighted by atomic mass is 10.0. The van der Waals surface area contributed by atoms with E-state index in [2.05, 4.69) is 550 Å². The fraction of sp³-hybridized carbons (Fsp3) is 0. The lowest BCUT2D eigenvalue weighted by Crippen LogP contribution is -2.10. The predicted octanol–water partition coefficient (Wildman–Crippen LogP) is 38.0. The summed E-state index contributed by atoms with van der Waals surface area (Å²) in [5.74, 6) is 0. The molecule has 0 N–H and O–H groups in total. The van der Waals surface area contributed by atoms with Crippen molar-refractivity contribution < 1.29 is 0 Å². The van der Waals surface area contributed by atoms with Crippen LogP contribution < -0.4 is 14.7 Å². The van der Waals surface area contributed by atoms with Gasteiger partial charge in [-0.05, 0) is 250 Å². The zero-order valence-corrected chi connectivity index (χ0v) is 78.0. The summed E-state index contributed by atoms with van der Waals surface area (Å²) in [6, 6.07) is 189. The van der Waals surface area contributed by atoms with E-state index < -0.39 is 0 Å². The third-order valence-corrected chi connectivity index (χ3v) is 30.8. The molecule has 0 radical (unpaired) electrons. The number of hydrogen-bond donors (Lipinski definition) is 0. The van der Waals surface area contributed by atoms with Crippen LogP contribution in [0.3, 0.4) is 0 Å². The van der Waals surface area contributed by atoms with Crippen LogP contribution >= 0.6 is 34.0 Å². The number of aromatic nitrogens is 3. The summed E-state index contributed by atoms with van der Waals surface area (Å²) in [6.45, 7) is 0. The lowest BCUT2D eigenvalue weighted by Gasteiger charge is -2.26. The summed E-state index contributed by atoms with van der Waals surface area (Å²) in [6.07, 6.45) is 0. The van der Waals surface area contributed by atoms with Gasteiger partial charge in [-0.25, -0.2) is 0 Å². The summed E-state index contributed by atoms with van der Waals surface area (Å²) < 4.78 is 15.0. The van der Waals surface area contributed by atoms with Crippen LogP contribution in [0.4, 0.5) is 51.2 Å². The normalized spacial score (nSPS) is 11.6. The molecule has 0 aliphatic heterocycles. The molecule has 6 aromatic heterocycles. The van der Waals surface area contributed by atoms with Crippen LogP contribution in [0.2, 0.25) is 0 Å². The largest absolute Gasteiger partial charge is 0.310 e. The smallest absolute Gasteiger partial charge is 0.0640 e. The Morgan fingerprint density at radius 2 is 0.460 bits per heavy atom. The summed E-state index contributed by atoms with van der Waals surface area (Å²) in [5.41, 5.74) is 28.2. The molecular formula is C130H86N6S3. The molecule has 0 amide bonds. The van der Waals surface area contributed by atoms with E-state index in [9.17, 15) is 0 Å². The van der Waals surface area contributed by atoms with E-state index >= 15 is 0 Å². The average Bonchev–Trinajstić information content (AvgIpc) is 1.59. The van der Waals surface area contributed by atoms with Crippen LogP contribution in [0.15, 0.2) is 522 Å². The number of hydrogen-bond acceptors (Lipinski definition) is 6. The Bertz CT molecular complexity index is 9520. The maximum atomic E-state index is 2.44. The first-order chi connectivity index (χ1) is 68.9. The quantitative estimate of drug-likeness (QED) is 0.102. The topological polar surface area (TPSA) is 24.5 Å². The maximum Gasteiger partial charge on any atom is 0.0640 e.